The number of fused-ring (bicyclic) bond motifs is 5. The van der Waals surface area contributed by atoms with Crippen LogP contribution >= 0.6 is 12.6 Å². The van der Waals surface area contributed by atoms with Gasteiger partial charge in [0.15, 0.2) is 0 Å². The molecular formula is C18H24OS. The van der Waals surface area contributed by atoms with Gasteiger partial charge in [0, 0.05) is 5.25 Å². The smallest absolute Gasteiger partial charge is 0.115 e. The van der Waals surface area contributed by atoms with Crippen molar-refractivity contribution in [1.82, 2.24) is 0 Å². The second-order valence-corrected chi connectivity index (χ2v) is 8.06. The highest BCUT2D eigenvalue weighted by Gasteiger charge is 2.53. The van der Waals surface area contributed by atoms with Crippen LogP contribution in [0.15, 0.2) is 18.2 Å². The molecule has 0 unspecified atom stereocenters. The molecule has 0 radical (unpaired) electrons. The van der Waals surface area contributed by atoms with Gasteiger partial charge in [-0.3, -0.25) is 0 Å². The van der Waals surface area contributed by atoms with Crippen LogP contribution in [0.2, 0.25) is 0 Å². The largest absolute Gasteiger partial charge is 0.508 e. The van der Waals surface area contributed by atoms with E-state index in [1.807, 2.05) is 12.1 Å². The molecule has 20 heavy (non-hydrogen) atoms. The van der Waals surface area contributed by atoms with Crippen LogP contribution in [0, 0.1) is 17.3 Å². The zero-order chi connectivity index (χ0) is 13.9. The third-order valence-corrected chi connectivity index (χ3v) is 7.51. The fourth-order valence-electron chi connectivity index (χ4n) is 5.54. The van der Waals surface area contributed by atoms with Gasteiger partial charge in [-0.2, -0.15) is 12.6 Å². The molecule has 1 aromatic rings. The zero-order valence-electron chi connectivity index (χ0n) is 12.2. The lowest BCUT2D eigenvalue weighted by Crippen LogP contribution is -2.42. The van der Waals surface area contributed by atoms with Crippen LogP contribution in [-0.4, -0.2) is 10.4 Å². The van der Waals surface area contributed by atoms with Crippen molar-refractivity contribution in [2.45, 2.75) is 56.6 Å². The van der Waals surface area contributed by atoms with Crippen LogP contribution in [0.1, 0.15) is 56.1 Å². The van der Waals surface area contributed by atoms with E-state index in [4.69, 9.17) is 12.6 Å². The molecule has 3 aliphatic carbocycles. The van der Waals surface area contributed by atoms with E-state index in [-0.39, 0.29) is 0 Å². The number of phenolic OH excluding ortho intramolecular Hbond substituents is 1. The van der Waals surface area contributed by atoms with Gasteiger partial charge in [0.2, 0.25) is 0 Å². The van der Waals surface area contributed by atoms with Gasteiger partial charge in [0.05, 0.1) is 0 Å². The standard InChI is InChI=1S/C18H24OS/c1-18-9-8-14-13-5-3-12(19)10-11(13)2-4-15(14)16(18)6-7-17(18)20/h3,5,10,14-17,19-20H,2,4,6-9H2,1H3/t14-,15-,16+,17-,18+/m1/s1. The summed E-state index contributed by atoms with van der Waals surface area (Å²) in [5.41, 5.74) is 3.40. The topological polar surface area (TPSA) is 20.2 Å². The maximum atomic E-state index is 9.70. The Morgan fingerprint density at radius 1 is 1.20 bits per heavy atom. The molecule has 0 aromatic heterocycles. The van der Waals surface area contributed by atoms with E-state index in [9.17, 15) is 5.11 Å². The molecule has 3 aliphatic rings. The average molecular weight is 288 g/mol. The van der Waals surface area contributed by atoms with Crippen molar-refractivity contribution in [3.63, 3.8) is 0 Å². The monoisotopic (exact) mass is 288 g/mol. The van der Waals surface area contributed by atoms with Gasteiger partial charge in [-0.1, -0.05) is 13.0 Å². The third kappa shape index (κ3) is 1.70. The quantitative estimate of drug-likeness (QED) is 0.671. The van der Waals surface area contributed by atoms with E-state index in [2.05, 4.69) is 13.0 Å². The van der Waals surface area contributed by atoms with Crippen LogP contribution < -0.4 is 0 Å². The zero-order valence-corrected chi connectivity index (χ0v) is 13.1. The van der Waals surface area contributed by atoms with Crippen molar-refractivity contribution in [3.8, 4) is 5.75 Å². The molecule has 0 aliphatic heterocycles. The normalized spacial score (nSPS) is 42.7. The van der Waals surface area contributed by atoms with Crippen LogP contribution in [0.5, 0.6) is 5.75 Å². The summed E-state index contributed by atoms with van der Waals surface area (Å²) in [5.74, 6) is 2.88. The van der Waals surface area contributed by atoms with Crippen LogP contribution in [-0.2, 0) is 6.42 Å². The molecule has 0 saturated heterocycles. The van der Waals surface area contributed by atoms with Crippen LogP contribution in [0.25, 0.3) is 0 Å². The van der Waals surface area contributed by atoms with E-state index in [0.717, 1.165) is 24.2 Å². The maximum absolute atomic E-state index is 9.70. The predicted molar refractivity (Wildman–Crippen MR) is 85.5 cm³/mol. The molecule has 0 bridgehead atoms. The van der Waals surface area contributed by atoms with E-state index in [0.29, 0.717) is 16.4 Å². The lowest BCUT2D eigenvalue weighted by Gasteiger charge is -2.50. The average Bonchev–Trinajstić information content (AvgIpc) is 2.74. The Balaban J connectivity index is 1.71. The molecule has 2 fully saturated rings. The van der Waals surface area contributed by atoms with E-state index in [1.54, 1.807) is 0 Å². The van der Waals surface area contributed by atoms with E-state index >= 15 is 0 Å². The molecule has 0 spiro atoms. The summed E-state index contributed by atoms with van der Waals surface area (Å²) in [5, 5.41) is 10.3. The van der Waals surface area contributed by atoms with Crippen LogP contribution in [0.3, 0.4) is 0 Å². The Kier molecular flexibility index (Phi) is 2.89. The summed E-state index contributed by atoms with van der Waals surface area (Å²) in [7, 11) is 0. The molecule has 2 heteroatoms. The highest BCUT2D eigenvalue weighted by atomic mass is 32.1. The summed E-state index contributed by atoms with van der Waals surface area (Å²) in [6.07, 6.45) is 7.77. The molecule has 0 heterocycles. The highest BCUT2D eigenvalue weighted by molar-refractivity contribution is 7.81. The minimum absolute atomic E-state index is 0.430. The van der Waals surface area contributed by atoms with Crippen molar-refractivity contribution >= 4 is 12.6 Å². The minimum Gasteiger partial charge on any atom is -0.508 e. The second-order valence-electron chi connectivity index (χ2n) is 7.44. The molecule has 0 amide bonds. The summed E-state index contributed by atoms with van der Waals surface area (Å²) < 4.78 is 0. The Morgan fingerprint density at radius 2 is 2.05 bits per heavy atom. The van der Waals surface area contributed by atoms with Gasteiger partial charge < -0.3 is 5.11 Å². The second kappa shape index (κ2) is 4.43. The van der Waals surface area contributed by atoms with Crippen molar-refractivity contribution in [1.29, 1.82) is 0 Å². The van der Waals surface area contributed by atoms with Gasteiger partial charge in [-0.25, -0.2) is 0 Å². The first-order valence-electron chi connectivity index (χ1n) is 8.09. The SMILES string of the molecule is C[C@]12CC[C@@H]3c4ccc(O)cc4CC[C@H]3[C@@H]1CC[C@H]2S. The predicted octanol–water partition coefficient (Wildman–Crippen LogP) is 4.55. The Bertz CT molecular complexity index is 540. The van der Waals surface area contributed by atoms with Crippen molar-refractivity contribution < 1.29 is 5.11 Å². The lowest BCUT2D eigenvalue weighted by atomic mass is 9.56. The summed E-state index contributed by atoms with van der Waals surface area (Å²) in [6, 6.07) is 6.07. The Hall–Kier alpha value is -0.630. The van der Waals surface area contributed by atoms with Gasteiger partial charge in [0.25, 0.3) is 0 Å². The molecule has 1 aromatic carbocycles. The van der Waals surface area contributed by atoms with Crippen molar-refractivity contribution in [3.05, 3.63) is 29.3 Å². The number of hydrogen-bond acceptors (Lipinski definition) is 2. The number of aromatic hydroxyl groups is 1. The first kappa shape index (κ1) is 13.1. The van der Waals surface area contributed by atoms with Crippen molar-refractivity contribution in [2.75, 3.05) is 0 Å². The maximum Gasteiger partial charge on any atom is 0.115 e. The van der Waals surface area contributed by atoms with Gasteiger partial charge in [0.1, 0.15) is 5.75 Å². The molecule has 4 rings (SSSR count). The van der Waals surface area contributed by atoms with Gasteiger partial charge in [-0.05, 0) is 85.0 Å². The molecule has 5 atom stereocenters. The number of rotatable bonds is 0. The van der Waals surface area contributed by atoms with E-state index in [1.165, 1.54) is 43.2 Å². The molecule has 108 valence electrons. The summed E-state index contributed by atoms with van der Waals surface area (Å²) in [6.45, 7) is 2.49. The number of phenols is 1. The molecule has 1 nitrogen and oxygen atoms in total. The first-order chi connectivity index (χ1) is 9.59. The Labute approximate surface area is 127 Å². The lowest BCUT2D eigenvalue weighted by molar-refractivity contribution is 0.0633. The highest BCUT2D eigenvalue weighted by Crippen LogP contribution is 2.62. The third-order valence-electron chi connectivity index (χ3n) is 6.66. The van der Waals surface area contributed by atoms with Crippen LogP contribution in [0.4, 0.5) is 0 Å². The summed E-state index contributed by atoms with van der Waals surface area (Å²) in [4.78, 5) is 0. The fraction of sp³-hybridized carbons (Fsp3) is 0.667. The minimum atomic E-state index is 0.430. The number of thiol groups is 1. The fourth-order valence-corrected chi connectivity index (χ4v) is 6.01. The molecule has 1 N–H and O–H groups in total. The number of hydrogen-bond donors (Lipinski definition) is 2. The first-order valence-corrected chi connectivity index (χ1v) is 8.61. The molecule has 2 saturated carbocycles. The summed E-state index contributed by atoms with van der Waals surface area (Å²) >= 11 is 4.89. The van der Waals surface area contributed by atoms with Crippen molar-refractivity contribution in [2.24, 2.45) is 17.3 Å². The molecular weight excluding hydrogens is 264 g/mol. The van der Waals surface area contributed by atoms with E-state index < -0.39 is 0 Å². The van der Waals surface area contributed by atoms with Gasteiger partial charge in [-0.15, -0.1) is 0 Å². The number of benzene rings is 1. The Morgan fingerprint density at radius 3 is 2.90 bits per heavy atom. The number of aryl methyl sites for hydroxylation is 1. The van der Waals surface area contributed by atoms with Gasteiger partial charge >= 0.3 is 0 Å².